The Bertz CT molecular complexity index is 396. The molecule has 1 aromatic carbocycles. The van der Waals surface area contributed by atoms with Crippen LogP contribution >= 0.6 is 0 Å². The first-order valence-corrected chi connectivity index (χ1v) is 6.88. The fraction of sp³-hybridized carbons (Fsp3) is 0.625. The summed E-state index contributed by atoms with van der Waals surface area (Å²) in [6.45, 7) is 11.8. The van der Waals surface area contributed by atoms with Crippen LogP contribution < -0.4 is 11.1 Å². The molecule has 3 N–H and O–H groups in total. The maximum absolute atomic E-state index is 5.97. The maximum atomic E-state index is 5.97. The summed E-state index contributed by atoms with van der Waals surface area (Å²) in [4.78, 5) is 0. The first-order valence-electron chi connectivity index (χ1n) is 6.88. The van der Waals surface area contributed by atoms with Gasteiger partial charge in [0.15, 0.2) is 0 Å². The molecule has 2 atom stereocenters. The molecule has 0 heterocycles. The predicted molar refractivity (Wildman–Crippen MR) is 79.8 cm³/mol. The number of hydrogen-bond acceptors (Lipinski definition) is 2. The second-order valence-electron chi connectivity index (χ2n) is 5.63. The third kappa shape index (κ3) is 2.93. The highest BCUT2D eigenvalue weighted by Gasteiger charge is 2.25. The zero-order valence-electron chi connectivity index (χ0n) is 12.7. The van der Waals surface area contributed by atoms with Crippen molar-refractivity contribution in [1.82, 2.24) is 5.32 Å². The van der Waals surface area contributed by atoms with E-state index in [1.54, 1.807) is 0 Å². The topological polar surface area (TPSA) is 38.0 Å². The van der Waals surface area contributed by atoms with Crippen LogP contribution in [-0.2, 0) is 0 Å². The van der Waals surface area contributed by atoms with Crippen molar-refractivity contribution in [2.45, 2.75) is 40.7 Å². The van der Waals surface area contributed by atoms with E-state index in [1.807, 2.05) is 7.05 Å². The summed E-state index contributed by atoms with van der Waals surface area (Å²) in [5.41, 5.74) is 11.5. The predicted octanol–water partition coefficient (Wildman–Crippen LogP) is 3.10. The minimum Gasteiger partial charge on any atom is -0.330 e. The van der Waals surface area contributed by atoms with Gasteiger partial charge in [-0.15, -0.1) is 0 Å². The summed E-state index contributed by atoms with van der Waals surface area (Å²) in [7, 11) is 2.03. The SMILES string of the molecule is CNC(c1ccc(C)c(C)c1C)C(CN)C(C)C. The van der Waals surface area contributed by atoms with Crippen molar-refractivity contribution >= 4 is 0 Å². The molecular weight excluding hydrogens is 220 g/mol. The molecule has 0 amide bonds. The second kappa shape index (κ2) is 6.35. The quantitative estimate of drug-likeness (QED) is 0.840. The number of benzene rings is 1. The number of nitrogens with one attached hydrogen (secondary N) is 1. The van der Waals surface area contributed by atoms with Gasteiger partial charge in [-0.05, 0) is 68.5 Å². The van der Waals surface area contributed by atoms with Gasteiger partial charge in [-0.3, -0.25) is 0 Å². The third-order valence-electron chi connectivity index (χ3n) is 4.30. The van der Waals surface area contributed by atoms with Gasteiger partial charge in [0.25, 0.3) is 0 Å². The fourth-order valence-electron chi connectivity index (χ4n) is 2.71. The molecule has 18 heavy (non-hydrogen) atoms. The molecular formula is C16H28N2. The van der Waals surface area contributed by atoms with E-state index < -0.39 is 0 Å². The van der Waals surface area contributed by atoms with Crippen LogP contribution in [0, 0.1) is 32.6 Å². The second-order valence-corrected chi connectivity index (χ2v) is 5.63. The van der Waals surface area contributed by atoms with Gasteiger partial charge in [0.1, 0.15) is 0 Å². The van der Waals surface area contributed by atoms with Crippen molar-refractivity contribution in [3.63, 3.8) is 0 Å². The summed E-state index contributed by atoms with van der Waals surface area (Å²) in [5, 5.41) is 3.46. The molecule has 2 unspecified atom stereocenters. The maximum Gasteiger partial charge on any atom is 0.0363 e. The van der Waals surface area contributed by atoms with E-state index in [9.17, 15) is 0 Å². The van der Waals surface area contributed by atoms with Crippen molar-refractivity contribution < 1.29 is 0 Å². The van der Waals surface area contributed by atoms with Gasteiger partial charge in [-0.1, -0.05) is 26.0 Å². The van der Waals surface area contributed by atoms with E-state index in [2.05, 4.69) is 52.1 Å². The van der Waals surface area contributed by atoms with Crippen molar-refractivity contribution in [2.24, 2.45) is 17.6 Å². The summed E-state index contributed by atoms with van der Waals surface area (Å²) >= 11 is 0. The molecule has 0 fully saturated rings. The van der Waals surface area contributed by atoms with Gasteiger partial charge in [-0.25, -0.2) is 0 Å². The molecule has 0 saturated carbocycles. The minimum absolute atomic E-state index is 0.342. The largest absolute Gasteiger partial charge is 0.330 e. The molecule has 102 valence electrons. The highest BCUT2D eigenvalue weighted by Crippen LogP contribution is 2.31. The molecule has 1 rings (SSSR count). The molecule has 0 aliphatic heterocycles. The Balaban J connectivity index is 3.20. The average Bonchev–Trinajstić information content (AvgIpc) is 2.33. The first-order chi connectivity index (χ1) is 8.43. The highest BCUT2D eigenvalue weighted by molar-refractivity contribution is 5.40. The lowest BCUT2D eigenvalue weighted by Crippen LogP contribution is -2.34. The van der Waals surface area contributed by atoms with E-state index in [0.717, 1.165) is 6.54 Å². The van der Waals surface area contributed by atoms with E-state index in [4.69, 9.17) is 5.73 Å². The van der Waals surface area contributed by atoms with Gasteiger partial charge >= 0.3 is 0 Å². The molecule has 0 spiro atoms. The summed E-state index contributed by atoms with van der Waals surface area (Å²) in [5.74, 6) is 1.05. The molecule has 0 aromatic heterocycles. The van der Waals surface area contributed by atoms with Crippen LogP contribution in [0.15, 0.2) is 12.1 Å². The van der Waals surface area contributed by atoms with Crippen LogP contribution in [0.5, 0.6) is 0 Å². The Kier molecular flexibility index (Phi) is 5.36. The normalized spacial score (nSPS) is 14.9. The molecule has 0 bridgehead atoms. The lowest BCUT2D eigenvalue weighted by atomic mass is 9.82. The van der Waals surface area contributed by atoms with Gasteiger partial charge in [0.2, 0.25) is 0 Å². The Labute approximate surface area is 112 Å². The van der Waals surface area contributed by atoms with Crippen LogP contribution in [0.3, 0.4) is 0 Å². The van der Waals surface area contributed by atoms with Gasteiger partial charge < -0.3 is 11.1 Å². The van der Waals surface area contributed by atoms with E-state index >= 15 is 0 Å². The van der Waals surface area contributed by atoms with E-state index in [1.165, 1.54) is 22.3 Å². The standard InChI is InChI=1S/C16H28N2/c1-10(2)15(9-17)16(18-6)14-8-7-11(3)12(4)13(14)5/h7-8,10,15-16,18H,9,17H2,1-6H3. The van der Waals surface area contributed by atoms with Gasteiger partial charge in [-0.2, -0.15) is 0 Å². The fourth-order valence-corrected chi connectivity index (χ4v) is 2.71. The summed E-state index contributed by atoms with van der Waals surface area (Å²) < 4.78 is 0. The number of hydrogen-bond donors (Lipinski definition) is 2. The number of rotatable bonds is 5. The number of aryl methyl sites for hydroxylation is 1. The van der Waals surface area contributed by atoms with Crippen molar-refractivity contribution in [3.8, 4) is 0 Å². The van der Waals surface area contributed by atoms with Crippen LogP contribution in [0.2, 0.25) is 0 Å². The van der Waals surface area contributed by atoms with Crippen molar-refractivity contribution in [2.75, 3.05) is 13.6 Å². The lowest BCUT2D eigenvalue weighted by molar-refractivity contribution is 0.298. The smallest absolute Gasteiger partial charge is 0.0363 e. The van der Waals surface area contributed by atoms with E-state index in [0.29, 0.717) is 17.9 Å². The Morgan fingerprint density at radius 2 is 1.72 bits per heavy atom. The van der Waals surface area contributed by atoms with Crippen LogP contribution in [0.4, 0.5) is 0 Å². The molecule has 0 radical (unpaired) electrons. The molecule has 0 aliphatic carbocycles. The van der Waals surface area contributed by atoms with E-state index in [-0.39, 0.29) is 0 Å². The zero-order valence-corrected chi connectivity index (χ0v) is 12.7. The molecule has 0 saturated heterocycles. The van der Waals surface area contributed by atoms with Crippen LogP contribution in [-0.4, -0.2) is 13.6 Å². The number of nitrogens with two attached hydrogens (primary N) is 1. The Hall–Kier alpha value is -0.860. The van der Waals surface area contributed by atoms with Gasteiger partial charge in [0.05, 0.1) is 0 Å². The van der Waals surface area contributed by atoms with Crippen LogP contribution in [0.1, 0.15) is 42.1 Å². The highest BCUT2D eigenvalue weighted by atomic mass is 14.9. The average molecular weight is 248 g/mol. The minimum atomic E-state index is 0.342. The summed E-state index contributed by atoms with van der Waals surface area (Å²) in [6.07, 6.45) is 0. The third-order valence-corrected chi connectivity index (χ3v) is 4.30. The molecule has 2 heteroatoms. The molecule has 2 nitrogen and oxygen atoms in total. The zero-order chi connectivity index (χ0) is 13.9. The van der Waals surface area contributed by atoms with Crippen LogP contribution in [0.25, 0.3) is 0 Å². The Morgan fingerprint density at radius 1 is 1.11 bits per heavy atom. The van der Waals surface area contributed by atoms with Gasteiger partial charge in [0, 0.05) is 6.04 Å². The monoisotopic (exact) mass is 248 g/mol. The summed E-state index contributed by atoms with van der Waals surface area (Å²) in [6, 6.07) is 4.81. The molecule has 0 aliphatic rings. The lowest BCUT2D eigenvalue weighted by Gasteiger charge is -2.31. The Morgan fingerprint density at radius 3 is 2.17 bits per heavy atom. The van der Waals surface area contributed by atoms with Crippen molar-refractivity contribution in [1.29, 1.82) is 0 Å². The molecule has 1 aromatic rings. The van der Waals surface area contributed by atoms with Crippen molar-refractivity contribution in [3.05, 3.63) is 34.4 Å². The first kappa shape index (κ1) is 15.2.